The predicted molar refractivity (Wildman–Crippen MR) is 131 cm³/mol. The number of aryl methyl sites for hydroxylation is 1. The second-order valence-electron chi connectivity index (χ2n) is 9.09. The van der Waals surface area contributed by atoms with Gasteiger partial charge in [0.2, 0.25) is 0 Å². The zero-order valence-corrected chi connectivity index (χ0v) is 22.0. The van der Waals surface area contributed by atoms with E-state index in [2.05, 4.69) is 26.2 Å². The van der Waals surface area contributed by atoms with Crippen molar-refractivity contribution in [3.05, 3.63) is 65.2 Å². The van der Waals surface area contributed by atoms with Crippen LogP contribution in [0.1, 0.15) is 43.5 Å². The van der Waals surface area contributed by atoms with Crippen molar-refractivity contribution < 1.29 is 22.4 Å². The van der Waals surface area contributed by atoms with E-state index in [0.717, 1.165) is 5.56 Å². The van der Waals surface area contributed by atoms with Crippen LogP contribution in [0, 0.1) is 6.92 Å². The highest BCUT2D eigenvalue weighted by Gasteiger charge is 2.39. The van der Waals surface area contributed by atoms with Crippen LogP contribution >= 0.6 is 15.9 Å². The number of hydrogen-bond acceptors (Lipinski definition) is 6. The average Bonchev–Trinajstić information content (AvgIpc) is 2.74. The number of halogens is 2. The van der Waals surface area contributed by atoms with Crippen LogP contribution in [0.2, 0.25) is 0 Å². The molecule has 1 aliphatic heterocycles. The Kier molecular flexibility index (Phi) is 8.35. The van der Waals surface area contributed by atoms with Crippen molar-refractivity contribution in [3.8, 4) is 0 Å². The lowest BCUT2D eigenvalue weighted by Crippen LogP contribution is -2.52. The van der Waals surface area contributed by atoms with Crippen LogP contribution in [0.4, 0.5) is 9.28 Å². The van der Waals surface area contributed by atoms with Gasteiger partial charge in [-0.1, -0.05) is 58.4 Å². The molecule has 34 heavy (non-hydrogen) atoms. The number of alkyl halides is 1. The third kappa shape index (κ3) is 6.54. The summed E-state index contributed by atoms with van der Waals surface area (Å²) in [6, 6.07) is 13.3. The highest BCUT2D eigenvalue weighted by atomic mass is 79.9. The van der Waals surface area contributed by atoms with E-state index in [0.29, 0.717) is 16.2 Å². The smallest absolute Gasteiger partial charge is 0.410 e. The number of hydrogen-bond donors (Lipinski definition) is 2. The Labute approximate surface area is 208 Å². The zero-order valence-electron chi connectivity index (χ0n) is 19.6. The van der Waals surface area contributed by atoms with Gasteiger partial charge in [0.05, 0.1) is 24.0 Å². The second kappa shape index (κ2) is 10.7. The minimum absolute atomic E-state index is 0.0683. The van der Waals surface area contributed by atoms with Crippen LogP contribution in [0.25, 0.3) is 0 Å². The maximum absolute atomic E-state index is 14.6. The third-order valence-electron chi connectivity index (χ3n) is 5.29. The first kappa shape index (κ1) is 26.6. The number of ether oxygens (including phenoxy) is 1. The van der Waals surface area contributed by atoms with Crippen LogP contribution in [0.15, 0.2) is 53.4 Å². The number of benzene rings is 2. The molecule has 2 atom stereocenters. The molecule has 2 unspecified atom stereocenters. The fourth-order valence-electron chi connectivity index (χ4n) is 3.70. The lowest BCUT2D eigenvalue weighted by atomic mass is 9.97. The lowest BCUT2D eigenvalue weighted by molar-refractivity contribution is -0.0664. The quantitative estimate of drug-likeness (QED) is 0.240. The minimum atomic E-state index is -3.78. The Morgan fingerprint density at radius 1 is 1.15 bits per heavy atom. The van der Waals surface area contributed by atoms with Crippen molar-refractivity contribution in [2.24, 2.45) is 0 Å². The number of amides is 1. The number of nitrogens with one attached hydrogen (secondary N) is 2. The maximum atomic E-state index is 14.6. The SMILES string of the molecule is Cc1ccccc1S(=O)(=O)NNCc1ccccc1C1CN(F)C(Br)CN1C(=O)OC(C)(C)C. The second-order valence-corrected chi connectivity index (χ2v) is 11.8. The molecule has 0 aromatic heterocycles. The Balaban J connectivity index is 1.81. The fourth-order valence-corrected chi connectivity index (χ4v) is 5.31. The fraction of sp³-hybridized carbons (Fsp3) is 0.435. The largest absolute Gasteiger partial charge is 0.444 e. The molecule has 0 bridgehead atoms. The van der Waals surface area contributed by atoms with Gasteiger partial charge >= 0.3 is 6.09 Å². The van der Waals surface area contributed by atoms with Crippen molar-refractivity contribution in [3.63, 3.8) is 0 Å². The lowest BCUT2D eigenvalue weighted by Gasteiger charge is -2.41. The molecule has 1 aliphatic rings. The molecule has 2 aromatic rings. The summed E-state index contributed by atoms with van der Waals surface area (Å²) in [5, 5.41) is 0.636. The van der Waals surface area contributed by atoms with E-state index in [-0.39, 0.29) is 24.5 Å². The molecule has 0 spiro atoms. The molecule has 11 heteroatoms. The standard InChI is InChI=1S/C23H30BrFN4O4S/c1-16-9-5-8-12-20(16)34(31,32)27-26-13-17-10-6-7-11-18(17)19-14-29(25)21(24)15-28(19)22(30)33-23(2,3)4/h5-12,19,21,26-27H,13-15H2,1-4H3. The molecule has 0 saturated carbocycles. The van der Waals surface area contributed by atoms with E-state index in [1.807, 2.05) is 0 Å². The number of sulfonamides is 1. The summed E-state index contributed by atoms with van der Waals surface area (Å²) in [5.74, 6) is 0. The van der Waals surface area contributed by atoms with E-state index < -0.39 is 32.7 Å². The number of carbonyl (C=O) groups excluding carboxylic acids is 1. The van der Waals surface area contributed by atoms with E-state index in [1.165, 1.54) is 11.0 Å². The van der Waals surface area contributed by atoms with Crippen LogP contribution in [0.5, 0.6) is 0 Å². The first-order valence-electron chi connectivity index (χ1n) is 10.8. The van der Waals surface area contributed by atoms with Crippen LogP contribution in [0.3, 0.4) is 0 Å². The van der Waals surface area contributed by atoms with Crippen molar-refractivity contribution >= 4 is 32.0 Å². The molecular weight excluding hydrogens is 527 g/mol. The average molecular weight is 557 g/mol. The normalized spacial score (nSPS) is 19.8. The topological polar surface area (TPSA) is 91.0 Å². The van der Waals surface area contributed by atoms with Crippen molar-refractivity contribution in [1.82, 2.24) is 20.3 Å². The van der Waals surface area contributed by atoms with Gasteiger partial charge in [-0.25, -0.2) is 18.6 Å². The van der Waals surface area contributed by atoms with Gasteiger partial charge in [0.25, 0.3) is 10.0 Å². The molecule has 2 aromatic carbocycles. The Morgan fingerprint density at radius 2 is 1.79 bits per heavy atom. The molecule has 1 heterocycles. The Bertz CT molecular complexity index is 1130. The Morgan fingerprint density at radius 3 is 2.47 bits per heavy atom. The summed E-state index contributed by atoms with van der Waals surface area (Å²) in [6.07, 6.45) is -0.543. The number of piperazine rings is 1. The monoisotopic (exact) mass is 556 g/mol. The van der Waals surface area contributed by atoms with Gasteiger partial charge in [-0.2, -0.15) is 0 Å². The van der Waals surface area contributed by atoms with Gasteiger partial charge in [0.1, 0.15) is 10.6 Å². The molecule has 0 radical (unpaired) electrons. The van der Waals surface area contributed by atoms with Crippen molar-refractivity contribution in [2.75, 3.05) is 13.1 Å². The molecule has 2 N–H and O–H groups in total. The first-order chi connectivity index (χ1) is 15.9. The summed E-state index contributed by atoms with van der Waals surface area (Å²) in [6.45, 7) is 7.18. The third-order valence-corrected chi connectivity index (χ3v) is 7.47. The molecule has 1 amide bonds. The summed E-state index contributed by atoms with van der Waals surface area (Å²) < 4.78 is 45.5. The Hall–Kier alpha value is -2.05. The molecule has 3 rings (SSSR count). The zero-order chi connectivity index (χ0) is 25.1. The van der Waals surface area contributed by atoms with Crippen LogP contribution in [-0.4, -0.2) is 48.2 Å². The van der Waals surface area contributed by atoms with Gasteiger partial charge < -0.3 is 4.74 Å². The number of rotatable bonds is 6. The van der Waals surface area contributed by atoms with Gasteiger partial charge in [0.15, 0.2) is 0 Å². The number of nitrogens with zero attached hydrogens (tertiary/aromatic N) is 2. The van der Waals surface area contributed by atoms with Crippen molar-refractivity contribution in [2.45, 2.75) is 55.7 Å². The molecule has 1 saturated heterocycles. The summed E-state index contributed by atoms with van der Waals surface area (Å²) >= 11 is 3.26. The van der Waals surface area contributed by atoms with E-state index in [4.69, 9.17) is 4.74 Å². The molecule has 0 aliphatic carbocycles. The molecular formula is C23H30BrFN4O4S. The van der Waals surface area contributed by atoms with Gasteiger partial charge in [0, 0.05) is 6.54 Å². The summed E-state index contributed by atoms with van der Waals surface area (Å²) in [4.78, 5) is 16.3. The van der Waals surface area contributed by atoms with E-state index in [1.54, 1.807) is 70.2 Å². The number of hydrazine groups is 1. The minimum Gasteiger partial charge on any atom is -0.444 e. The molecule has 1 fully saturated rings. The van der Waals surface area contributed by atoms with Gasteiger partial charge in [-0.15, -0.1) is 14.4 Å². The van der Waals surface area contributed by atoms with Crippen LogP contribution in [-0.2, 0) is 21.3 Å². The molecule has 186 valence electrons. The summed E-state index contributed by atoms with van der Waals surface area (Å²) in [5.41, 5.74) is 4.09. The first-order valence-corrected chi connectivity index (χ1v) is 13.2. The highest BCUT2D eigenvalue weighted by Crippen LogP contribution is 2.33. The van der Waals surface area contributed by atoms with E-state index >= 15 is 0 Å². The van der Waals surface area contributed by atoms with Gasteiger partial charge in [-0.3, -0.25) is 4.90 Å². The number of carbonyl (C=O) groups is 1. The maximum Gasteiger partial charge on any atom is 0.410 e. The van der Waals surface area contributed by atoms with Crippen molar-refractivity contribution in [1.29, 1.82) is 0 Å². The van der Waals surface area contributed by atoms with Gasteiger partial charge in [-0.05, 0) is 50.5 Å². The highest BCUT2D eigenvalue weighted by molar-refractivity contribution is 9.09. The molecule has 8 nitrogen and oxygen atoms in total. The predicted octanol–water partition coefficient (Wildman–Crippen LogP) is 4.18. The van der Waals surface area contributed by atoms with Crippen LogP contribution < -0.4 is 10.3 Å². The van der Waals surface area contributed by atoms with E-state index in [9.17, 15) is 17.7 Å². The summed E-state index contributed by atoms with van der Waals surface area (Å²) in [7, 11) is -3.78.